The summed E-state index contributed by atoms with van der Waals surface area (Å²) in [7, 11) is -3.69. The maximum Gasteiger partial charge on any atom is 0.243 e. The Hall–Kier alpha value is -0.690. The second-order valence-electron chi connectivity index (χ2n) is 5.28. The highest BCUT2D eigenvalue weighted by Crippen LogP contribution is 2.33. The zero-order valence-electron chi connectivity index (χ0n) is 11.9. The van der Waals surface area contributed by atoms with E-state index in [-0.39, 0.29) is 21.9 Å². The lowest BCUT2D eigenvalue weighted by Gasteiger charge is -2.31. The largest absolute Gasteiger partial charge is 0.330 e. The summed E-state index contributed by atoms with van der Waals surface area (Å²) in [6.45, 7) is 2.63. The van der Waals surface area contributed by atoms with Crippen molar-refractivity contribution in [2.45, 2.75) is 37.1 Å². The summed E-state index contributed by atoms with van der Waals surface area (Å²) in [6, 6.07) is 3.42. The first-order chi connectivity index (χ1) is 9.91. The van der Waals surface area contributed by atoms with E-state index in [1.807, 2.05) is 0 Å². The molecular formula is C14H20ClFN2O2S. The summed E-state index contributed by atoms with van der Waals surface area (Å²) >= 11 is 5.71. The van der Waals surface area contributed by atoms with Crippen molar-refractivity contribution in [3.63, 3.8) is 0 Å². The van der Waals surface area contributed by atoms with Crippen molar-refractivity contribution in [1.29, 1.82) is 0 Å². The second kappa shape index (κ2) is 6.60. The van der Waals surface area contributed by atoms with Crippen molar-refractivity contribution in [3.05, 3.63) is 29.0 Å². The predicted octanol–water partition coefficient (Wildman–Crippen LogP) is 2.62. The molecule has 1 fully saturated rings. The van der Waals surface area contributed by atoms with Gasteiger partial charge in [0.2, 0.25) is 10.0 Å². The molecule has 0 spiro atoms. The van der Waals surface area contributed by atoms with E-state index < -0.39 is 15.8 Å². The summed E-state index contributed by atoms with van der Waals surface area (Å²) in [5.41, 5.74) is 5.75. The molecule has 1 aromatic rings. The normalized spacial score (nSPS) is 22.9. The third-order valence-electron chi connectivity index (χ3n) is 4.10. The van der Waals surface area contributed by atoms with E-state index in [1.165, 1.54) is 16.4 Å². The predicted molar refractivity (Wildman–Crippen MR) is 81.2 cm³/mol. The molecule has 0 heterocycles. The van der Waals surface area contributed by atoms with Crippen LogP contribution in [0, 0.1) is 11.7 Å². The summed E-state index contributed by atoms with van der Waals surface area (Å²) in [5.74, 6) is -0.449. The molecule has 2 unspecified atom stereocenters. The van der Waals surface area contributed by atoms with Gasteiger partial charge in [-0.15, -0.1) is 0 Å². The molecule has 118 valence electrons. The fourth-order valence-corrected chi connectivity index (χ4v) is 5.02. The fourth-order valence-electron chi connectivity index (χ4n) is 3.03. The Bertz CT molecular complexity index is 609. The smallest absolute Gasteiger partial charge is 0.243 e. The van der Waals surface area contributed by atoms with Crippen molar-refractivity contribution >= 4 is 21.6 Å². The number of hydrogen-bond donors (Lipinski definition) is 1. The van der Waals surface area contributed by atoms with Gasteiger partial charge in [0.15, 0.2) is 0 Å². The second-order valence-corrected chi connectivity index (χ2v) is 7.58. The molecule has 0 radical (unpaired) electrons. The molecule has 7 heteroatoms. The average molecular weight is 335 g/mol. The number of nitrogens with zero attached hydrogens (tertiary/aromatic N) is 1. The molecule has 4 nitrogen and oxygen atoms in total. The standard InChI is InChI=1S/C14H20ClFN2O2S/c1-2-18(14-5-3-4-10(14)9-17)21(19,20)11-6-7-13(16)12(15)8-11/h6-8,10,14H,2-5,9,17H2,1H3. The Balaban J connectivity index is 2.37. The van der Waals surface area contributed by atoms with Gasteiger partial charge in [-0.3, -0.25) is 0 Å². The van der Waals surface area contributed by atoms with E-state index in [4.69, 9.17) is 17.3 Å². The highest BCUT2D eigenvalue weighted by Gasteiger charge is 2.37. The molecule has 1 saturated carbocycles. The molecule has 1 aliphatic rings. The molecule has 1 aliphatic carbocycles. The molecule has 0 amide bonds. The maximum atomic E-state index is 13.2. The molecule has 0 saturated heterocycles. The number of nitrogens with two attached hydrogens (primary N) is 1. The number of rotatable bonds is 5. The van der Waals surface area contributed by atoms with E-state index >= 15 is 0 Å². The van der Waals surface area contributed by atoms with Gasteiger partial charge in [-0.05, 0) is 43.5 Å². The Kier molecular flexibility index (Phi) is 5.24. The van der Waals surface area contributed by atoms with Crippen LogP contribution in [0.4, 0.5) is 4.39 Å². The van der Waals surface area contributed by atoms with E-state index in [1.54, 1.807) is 6.92 Å². The van der Waals surface area contributed by atoms with E-state index in [0.29, 0.717) is 13.1 Å². The molecule has 1 aromatic carbocycles. The Morgan fingerprint density at radius 1 is 1.43 bits per heavy atom. The van der Waals surface area contributed by atoms with Crippen molar-refractivity contribution in [1.82, 2.24) is 4.31 Å². The third-order valence-corrected chi connectivity index (χ3v) is 6.39. The quantitative estimate of drug-likeness (QED) is 0.900. The molecule has 0 aliphatic heterocycles. The Morgan fingerprint density at radius 2 is 2.14 bits per heavy atom. The van der Waals surface area contributed by atoms with E-state index in [0.717, 1.165) is 25.3 Å². The lowest BCUT2D eigenvalue weighted by molar-refractivity contribution is 0.276. The number of hydrogen-bond acceptors (Lipinski definition) is 3. The van der Waals surface area contributed by atoms with Gasteiger partial charge in [-0.25, -0.2) is 12.8 Å². The summed E-state index contributed by atoms with van der Waals surface area (Å²) in [6.07, 6.45) is 2.73. The van der Waals surface area contributed by atoms with Crippen LogP contribution in [-0.4, -0.2) is 31.9 Å². The minimum Gasteiger partial charge on any atom is -0.330 e. The van der Waals surface area contributed by atoms with E-state index in [9.17, 15) is 12.8 Å². The zero-order valence-corrected chi connectivity index (χ0v) is 13.5. The van der Waals surface area contributed by atoms with Crippen LogP contribution in [0.2, 0.25) is 5.02 Å². The van der Waals surface area contributed by atoms with Crippen molar-refractivity contribution < 1.29 is 12.8 Å². The number of benzene rings is 1. The lowest BCUT2D eigenvalue weighted by Crippen LogP contribution is -2.44. The van der Waals surface area contributed by atoms with Crippen LogP contribution < -0.4 is 5.73 Å². The van der Waals surface area contributed by atoms with Crippen LogP contribution in [0.25, 0.3) is 0 Å². The monoisotopic (exact) mass is 334 g/mol. The van der Waals surface area contributed by atoms with Crippen LogP contribution in [-0.2, 0) is 10.0 Å². The van der Waals surface area contributed by atoms with Crippen molar-refractivity contribution in [2.75, 3.05) is 13.1 Å². The van der Waals surface area contributed by atoms with Gasteiger partial charge in [0.25, 0.3) is 0 Å². The Morgan fingerprint density at radius 3 is 2.71 bits per heavy atom. The van der Waals surface area contributed by atoms with Gasteiger partial charge in [-0.1, -0.05) is 24.9 Å². The number of sulfonamides is 1. The first kappa shape index (κ1) is 16.7. The minimum absolute atomic E-state index is 0.0263. The van der Waals surface area contributed by atoms with E-state index in [2.05, 4.69) is 0 Å². The molecule has 21 heavy (non-hydrogen) atoms. The van der Waals surface area contributed by atoms with Crippen LogP contribution >= 0.6 is 11.6 Å². The summed E-state index contributed by atoms with van der Waals surface area (Å²) in [4.78, 5) is 0.0263. The molecule has 0 bridgehead atoms. The van der Waals surface area contributed by atoms with Gasteiger partial charge in [0.05, 0.1) is 9.92 Å². The van der Waals surface area contributed by atoms with Crippen molar-refractivity contribution in [3.8, 4) is 0 Å². The van der Waals surface area contributed by atoms with Crippen molar-refractivity contribution in [2.24, 2.45) is 11.7 Å². The maximum absolute atomic E-state index is 13.2. The van der Waals surface area contributed by atoms with Crippen LogP contribution in [0.1, 0.15) is 26.2 Å². The van der Waals surface area contributed by atoms with Crippen LogP contribution in [0.15, 0.2) is 23.1 Å². The van der Waals surface area contributed by atoms with Gasteiger partial charge >= 0.3 is 0 Å². The van der Waals surface area contributed by atoms with Crippen LogP contribution in [0.5, 0.6) is 0 Å². The first-order valence-corrected chi connectivity index (χ1v) is 8.90. The summed E-state index contributed by atoms with van der Waals surface area (Å²) < 4.78 is 40.3. The van der Waals surface area contributed by atoms with Gasteiger partial charge < -0.3 is 5.73 Å². The fraction of sp³-hybridized carbons (Fsp3) is 0.571. The SMILES string of the molecule is CCN(C1CCCC1CN)S(=O)(=O)c1ccc(F)c(Cl)c1. The zero-order chi connectivity index (χ0) is 15.6. The van der Waals surface area contributed by atoms with Gasteiger partial charge in [0.1, 0.15) is 5.82 Å². The third kappa shape index (κ3) is 3.23. The van der Waals surface area contributed by atoms with Gasteiger partial charge in [0, 0.05) is 12.6 Å². The minimum atomic E-state index is -3.69. The Labute approximate surface area is 130 Å². The topological polar surface area (TPSA) is 63.4 Å². The molecule has 0 aromatic heterocycles. The van der Waals surface area contributed by atoms with Gasteiger partial charge in [-0.2, -0.15) is 4.31 Å². The molecule has 2 rings (SSSR count). The lowest BCUT2D eigenvalue weighted by atomic mass is 10.0. The highest BCUT2D eigenvalue weighted by molar-refractivity contribution is 7.89. The highest BCUT2D eigenvalue weighted by atomic mass is 35.5. The first-order valence-electron chi connectivity index (χ1n) is 7.08. The number of halogens is 2. The molecular weight excluding hydrogens is 315 g/mol. The molecule has 2 N–H and O–H groups in total. The average Bonchev–Trinajstić information content (AvgIpc) is 2.90. The molecule has 2 atom stereocenters. The van der Waals surface area contributed by atoms with Crippen LogP contribution in [0.3, 0.4) is 0 Å². The summed E-state index contributed by atoms with van der Waals surface area (Å²) in [5, 5.41) is -0.186.